The van der Waals surface area contributed by atoms with Crippen LogP contribution in [0.25, 0.3) is 11.3 Å². The Kier molecular flexibility index (Phi) is 2.23. The average molecular weight is 187 g/mol. The van der Waals surface area contributed by atoms with E-state index in [9.17, 15) is 0 Å². The summed E-state index contributed by atoms with van der Waals surface area (Å²) < 4.78 is 0. The maximum absolute atomic E-state index is 4.17. The molecule has 0 aliphatic carbocycles. The fourth-order valence-corrected chi connectivity index (χ4v) is 1.41. The molecular weight excluding hydrogens is 174 g/mol. The van der Waals surface area contributed by atoms with Crippen LogP contribution in [0.2, 0.25) is 0 Å². The van der Waals surface area contributed by atoms with E-state index in [4.69, 9.17) is 0 Å². The molecule has 0 fully saturated rings. The Morgan fingerprint density at radius 2 is 2.21 bits per heavy atom. The summed E-state index contributed by atoms with van der Waals surface area (Å²) in [6.07, 6.45) is 1.83. The summed E-state index contributed by atoms with van der Waals surface area (Å²) in [5.74, 6) is 0.793. The predicted molar refractivity (Wildman–Crippen MR) is 58.3 cm³/mol. The quantitative estimate of drug-likeness (QED) is 0.758. The summed E-state index contributed by atoms with van der Waals surface area (Å²) in [4.78, 5) is 7.36. The number of aromatic amines is 1. The topological polar surface area (TPSA) is 40.7 Å². The van der Waals surface area contributed by atoms with Gasteiger partial charge >= 0.3 is 0 Å². The molecule has 1 aromatic heterocycles. The Balaban J connectivity index is 2.39. The summed E-state index contributed by atoms with van der Waals surface area (Å²) in [7, 11) is 1.85. The molecule has 0 unspecified atom stereocenters. The van der Waals surface area contributed by atoms with Gasteiger partial charge in [0.15, 0.2) is 5.95 Å². The number of hydrogen-bond donors (Lipinski definition) is 2. The standard InChI is InChI=1S/C11H13N3/c1-8-4-3-5-9(6-8)10-7-13-11(12-2)14-10/h3-7H,1-2H3,(H2,12,13,14). The molecule has 1 heterocycles. The minimum atomic E-state index is 0.793. The highest BCUT2D eigenvalue weighted by atomic mass is 15.1. The second-order valence-corrected chi connectivity index (χ2v) is 3.26. The zero-order valence-corrected chi connectivity index (χ0v) is 8.33. The number of aromatic nitrogens is 2. The van der Waals surface area contributed by atoms with Crippen molar-refractivity contribution in [3.63, 3.8) is 0 Å². The highest BCUT2D eigenvalue weighted by molar-refractivity contribution is 5.61. The lowest BCUT2D eigenvalue weighted by molar-refractivity contribution is 1.26. The van der Waals surface area contributed by atoms with Gasteiger partial charge in [0.1, 0.15) is 0 Å². The Bertz CT molecular complexity index is 432. The van der Waals surface area contributed by atoms with Gasteiger partial charge in [-0.15, -0.1) is 0 Å². The van der Waals surface area contributed by atoms with E-state index < -0.39 is 0 Å². The van der Waals surface area contributed by atoms with Gasteiger partial charge in [-0.2, -0.15) is 0 Å². The van der Waals surface area contributed by atoms with Gasteiger partial charge in [-0.05, 0) is 18.6 Å². The van der Waals surface area contributed by atoms with Crippen LogP contribution in [0, 0.1) is 6.92 Å². The van der Waals surface area contributed by atoms with Gasteiger partial charge in [-0.1, -0.05) is 23.8 Å². The van der Waals surface area contributed by atoms with Crippen LogP contribution in [0.15, 0.2) is 30.5 Å². The van der Waals surface area contributed by atoms with Crippen molar-refractivity contribution in [1.29, 1.82) is 0 Å². The third kappa shape index (κ3) is 1.62. The second kappa shape index (κ2) is 3.54. The van der Waals surface area contributed by atoms with Crippen molar-refractivity contribution in [2.45, 2.75) is 6.92 Å². The van der Waals surface area contributed by atoms with Gasteiger partial charge < -0.3 is 10.3 Å². The van der Waals surface area contributed by atoms with Crippen LogP contribution in [0.5, 0.6) is 0 Å². The maximum atomic E-state index is 4.17. The molecule has 0 atom stereocenters. The Morgan fingerprint density at radius 1 is 1.36 bits per heavy atom. The zero-order valence-electron chi connectivity index (χ0n) is 8.33. The van der Waals surface area contributed by atoms with Crippen LogP contribution in [-0.4, -0.2) is 17.0 Å². The van der Waals surface area contributed by atoms with Gasteiger partial charge in [-0.3, -0.25) is 0 Å². The Hall–Kier alpha value is -1.77. The average Bonchev–Trinajstić information content (AvgIpc) is 2.66. The number of benzene rings is 1. The van der Waals surface area contributed by atoms with E-state index in [0.717, 1.165) is 11.6 Å². The number of H-pyrrole nitrogens is 1. The second-order valence-electron chi connectivity index (χ2n) is 3.26. The molecule has 0 aliphatic heterocycles. The summed E-state index contributed by atoms with van der Waals surface area (Å²) in [5, 5.41) is 2.97. The normalized spacial score (nSPS) is 10.1. The largest absolute Gasteiger partial charge is 0.359 e. The van der Waals surface area contributed by atoms with Crippen molar-refractivity contribution < 1.29 is 0 Å². The molecule has 2 N–H and O–H groups in total. The third-order valence-corrected chi connectivity index (χ3v) is 2.14. The van der Waals surface area contributed by atoms with E-state index in [0.29, 0.717) is 0 Å². The lowest BCUT2D eigenvalue weighted by Crippen LogP contribution is -1.89. The molecule has 2 aromatic rings. The molecule has 2 rings (SSSR count). The first-order valence-corrected chi connectivity index (χ1v) is 4.59. The Morgan fingerprint density at radius 3 is 2.86 bits per heavy atom. The Labute approximate surface area is 83.2 Å². The van der Waals surface area contributed by atoms with Crippen molar-refractivity contribution in [2.24, 2.45) is 0 Å². The summed E-state index contributed by atoms with van der Waals surface area (Å²) in [6, 6.07) is 8.33. The van der Waals surface area contributed by atoms with Crippen LogP contribution in [0.4, 0.5) is 5.95 Å². The molecule has 14 heavy (non-hydrogen) atoms. The fourth-order valence-electron chi connectivity index (χ4n) is 1.41. The number of aryl methyl sites for hydroxylation is 1. The molecule has 72 valence electrons. The predicted octanol–water partition coefficient (Wildman–Crippen LogP) is 2.43. The van der Waals surface area contributed by atoms with E-state index in [1.54, 1.807) is 0 Å². The zero-order chi connectivity index (χ0) is 9.97. The summed E-state index contributed by atoms with van der Waals surface area (Å²) in [6.45, 7) is 2.08. The van der Waals surface area contributed by atoms with Gasteiger partial charge in [0, 0.05) is 7.05 Å². The number of imidazole rings is 1. The number of nitrogens with one attached hydrogen (secondary N) is 2. The highest BCUT2D eigenvalue weighted by Crippen LogP contribution is 2.18. The molecule has 3 heteroatoms. The van der Waals surface area contributed by atoms with Crippen LogP contribution in [0.1, 0.15) is 5.56 Å². The van der Waals surface area contributed by atoms with Gasteiger partial charge in [0.2, 0.25) is 0 Å². The van der Waals surface area contributed by atoms with E-state index in [1.165, 1.54) is 11.1 Å². The first kappa shape index (κ1) is 8.81. The summed E-state index contributed by atoms with van der Waals surface area (Å²) >= 11 is 0. The van der Waals surface area contributed by atoms with E-state index >= 15 is 0 Å². The number of anilines is 1. The lowest BCUT2D eigenvalue weighted by Gasteiger charge is -1.98. The van der Waals surface area contributed by atoms with Crippen LogP contribution >= 0.6 is 0 Å². The molecule has 0 amide bonds. The summed E-state index contributed by atoms with van der Waals surface area (Å²) in [5.41, 5.74) is 3.46. The van der Waals surface area contributed by atoms with E-state index in [2.05, 4.69) is 40.4 Å². The van der Waals surface area contributed by atoms with Crippen molar-refractivity contribution in [3.05, 3.63) is 36.0 Å². The molecule has 0 bridgehead atoms. The van der Waals surface area contributed by atoms with E-state index in [1.807, 2.05) is 19.3 Å². The molecule has 3 nitrogen and oxygen atoms in total. The van der Waals surface area contributed by atoms with Gasteiger partial charge in [-0.25, -0.2) is 4.98 Å². The number of hydrogen-bond acceptors (Lipinski definition) is 2. The highest BCUT2D eigenvalue weighted by Gasteiger charge is 2.01. The van der Waals surface area contributed by atoms with Crippen molar-refractivity contribution in [1.82, 2.24) is 9.97 Å². The SMILES string of the molecule is CNc1ncc(-c2cccc(C)c2)[nH]1. The molecule has 0 saturated heterocycles. The minimum Gasteiger partial charge on any atom is -0.359 e. The maximum Gasteiger partial charge on any atom is 0.200 e. The molecule has 1 aromatic carbocycles. The monoisotopic (exact) mass is 187 g/mol. The minimum absolute atomic E-state index is 0.793. The third-order valence-electron chi connectivity index (χ3n) is 2.14. The first-order chi connectivity index (χ1) is 6.79. The fraction of sp³-hybridized carbons (Fsp3) is 0.182. The van der Waals surface area contributed by atoms with Crippen LogP contribution < -0.4 is 5.32 Å². The van der Waals surface area contributed by atoms with Crippen molar-refractivity contribution >= 4 is 5.95 Å². The van der Waals surface area contributed by atoms with Crippen molar-refractivity contribution in [3.8, 4) is 11.3 Å². The number of nitrogens with zero attached hydrogens (tertiary/aromatic N) is 1. The van der Waals surface area contributed by atoms with Gasteiger partial charge in [0.25, 0.3) is 0 Å². The molecule has 0 radical (unpaired) electrons. The molecule has 0 aliphatic rings. The lowest BCUT2D eigenvalue weighted by atomic mass is 10.1. The smallest absolute Gasteiger partial charge is 0.200 e. The molecule has 0 saturated carbocycles. The van der Waals surface area contributed by atoms with Crippen LogP contribution in [-0.2, 0) is 0 Å². The van der Waals surface area contributed by atoms with Crippen molar-refractivity contribution in [2.75, 3.05) is 12.4 Å². The van der Waals surface area contributed by atoms with E-state index in [-0.39, 0.29) is 0 Å². The van der Waals surface area contributed by atoms with Crippen LogP contribution in [0.3, 0.4) is 0 Å². The molecular formula is C11H13N3. The van der Waals surface area contributed by atoms with Gasteiger partial charge in [0.05, 0.1) is 11.9 Å². The first-order valence-electron chi connectivity index (χ1n) is 4.59. The molecule has 0 spiro atoms. The number of rotatable bonds is 2.